The van der Waals surface area contributed by atoms with Crippen LogP contribution in [-0.2, 0) is 11.2 Å². The van der Waals surface area contributed by atoms with Crippen molar-refractivity contribution in [2.24, 2.45) is 5.92 Å². The van der Waals surface area contributed by atoms with Crippen molar-refractivity contribution >= 4 is 28.9 Å². The van der Waals surface area contributed by atoms with Crippen LogP contribution in [-0.4, -0.2) is 38.7 Å². The molecule has 3 heterocycles. The van der Waals surface area contributed by atoms with Crippen molar-refractivity contribution in [3.8, 4) is 5.82 Å². The van der Waals surface area contributed by atoms with Crippen LogP contribution in [0.4, 0.5) is 11.4 Å². The number of aromatic nitrogens is 4. The highest BCUT2D eigenvalue weighted by Gasteiger charge is 2.20. The molecular formula is C21H23ClN6O. The van der Waals surface area contributed by atoms with Crippen LogP contribution in [0.2, 0.25) is 5.02 Å². The van der Waals surface area contributed by atoms with Crippen molar-refractivity contribution in [3.63, 3.8) is 0 Å². The molecule has 1 aliphatic heterocycles. The normalized spacial score (nSPS) is 14.8. The van der Waals surface area contributed by atoms with Gasteiger partial charge in [-0.1, -0.05) is 30.7 Å². The number of halogens is 1. The Labute approximate surface area is 174 Å². The van der Waals surface area contributed by atoms with E-state index >= 15 is 0 Å². The molecule has 3 aromatic rings. The third-order valence-electron chi connectivity index (χ3n) is 5.16. The van der Waals surface area contributed by atoms with Gasteiger partial charge in [0.25, 0.3) is 0 Å². The third kappa shape index (κ3) is 4.74. The van der Waals surface area contributed by atoms with Gasteiger partial charge < -0.3 is 10.2 Å². The smallest absolute Gasteiger partial charge is 0.228 e. The van der Waals surface area contributed by atoms with Gasteiger partial charge in [0, 0.05) is 18.1 Å². The maximum atomic E-state index is 12.3. The van der Waals surface area contributed by atoms with Gasteiger partial charge in [0.05, 0.1) is 30.7 Å². The van der Waals surface area contributed by atoms with E-state index in [9.17, 15) is 4.79 Å². The molecule has 0 spiro atoms. The lowest BCUT2D eigenvalue weighted by atomic mass is 9.99. The average Bonchev–Trinajstić information content (AvgIpc) is 3.18. The number of piperidine rings is 1. The Morgan fingerprint density at radius 2 is 1.97 bits per heavy atom. The lowest BCUT2D eigenvalue weighted by Crippen LogP contribution is -2.33. The summed E-state index contributed by atoms with van der Waals surface area (Å²) in [6.07, 6.45) is 9.33. The summed E-state index contributed by atoms with van der Waals surface area (Å²) in [4.78, 5) is 23.3. The van der Waals surface area contributed by atoms with Gasteiger partial charge in [0.2, 0.25) is 5.91 Å². The van der Waals surface area contributed by atoms with Crippen LogP contribution in [0, 0.1) is 5.92 Å². The molecule has 1 aliphatic rings. The van der Waals surface area contributed by atoms with Crippen molar-refractivity contribution in [3.05, 3.63) is 59.8 Å². The SMILES string of the molecule is CC1CCN(c2cncnc2-n2cc(NC(=O)Cc3ccc(Cl)cc3)cn2)CC1. The lowest BCUT2D eigenvalue weighted by Gasteiger charge is -2.32. The Hall–Kier alpha value is -2.93. The van der Waals surface area contributed by atoms with E-state index in [-0.39, 0.29) is 12.3 Å². The molecule has 0 saturated carbocycles. The molecule has 0 radical (unpaired) electrons. The van der Waals surface area contributed by atoms with Crippen LogP contribution < -0.4 is 10.2 Å². The van der Waals surface area contributed by atoms with Crippen molar-refractivity contribution in [2.45, 2.75) is 26.2 Å². The molecule has 1 aromatic carbocycles. The molecule has 1 saturated heterocycles. The van der Waals surface area contributed by atoms with Crippen LogP contribution in [0.1, 0.15) is 25.3 Å². The standard InChI is InChI=1S/C21H23ClN6O/c1-15-6-8-27(9-7-15)19-12-23-14-24-21(19)28-13-18(11-25-28)26-20(29)10-16-2-4-17(22)5-3-16/h2-5,11-15H,6-10H2,1H3,(H,26,29). The summed E-state index contributed by atoms with van der Waals surface area (Å²) in [7, 11) is 0. The Morgan fingerprint density at radius 1 is 1.21 bits per heavy atom. The van der Waals surface area contributed by atoms with Gasteiger partial charge in [0.1, 0.15) is 12.0 Å². The summed E-state index contributed by atoms with van der Waals surface area (Å²) >= 11 is 5.89. The highest BCUT2D eigenvalue weighted by Crippen LogP contribution is 2.26. The maximum absolute atomic E-state index is 12.3. The molecule has 4 rings (SSSR count). The molecule has 1 amide bonds. The third-order valence-corrected chi connectivity index (χ3v) is 5.41. The predicted octanol–water partition coefficient (Wildman–Crippen LogP) is 3.73. The number of amides is 1. The number of nitrogens with one attached hydrogen (secondary N) is 1. The quantitative estimate of drug-likeness (QED) is 0.693. The number of anilines is 2. The second-order valence-electron chi connectivity index (χ2n) is 7.43. The zero-order valence-electron chi connectivity index (χ0n) is 16.3. The Morgan fingerprint density at radius 3 is 2.72 bits per heavy atom. The second kappa shape index (κ2) is 8.61. The molecule has 29 heavy (non-hydrogen) atoms. The summed E-state index contributed by atoms with van der Waals surface area (Å²) in [5.74, 6) is 1.35. The summed E-state index contributed by atoms with van der Waals surface area (Å²) in [6.45, 7) is 4.24. The van der Waals surface area contributed by atoms with Gasteiger partial charge in [-0.15, -0.1) is 0 Å². The molecule has 150 valence electrons. The van der Waals surface area contributed by atoms with Gasteiger partial charge in [0.15, 0.2) is 5.82 Å². The lowest BCUT2D eigenvalue weighted by molar-refractivity contribution is -0.115. The van der Waals surface area contributed by atoms with E-state index in [2.05, 4.69) is 32.2 Å². The number of hydrogen-bond donors (Lipinski definition) is 1. The van der Waals surface area contributed by atoms with E-state index in [1.54, 1.807) is 29.2 Å². The number of hydrogen-bond acceptors (Lipinski definition) is 5. The first-order valence-corrected chi connectivity index (χ1v) is 10.1. The number of carbonyl (C=O) groups is 1. The minimum Gasteiger partial charge on any atom is -0.367 e. The highest BCUT2D eigenvalue weighted by molar-refractivity contribution is 6.30. The summed E-state index contributed by atoms with van der Waals surface area (Å²) in [5, 5.41) is 7.94. The van der Waals surface area contributed by atoms with Crippen molar-refractivity contribution in [2.75, 3.05) is 23.3 Å². The minimum absolute atomic E-state index is 0.111. The fraction of sp³-hybridized carbons (Fsp3) is 0.333. The molecule has 1 fully saturated rings. The first-order valence-electron chi connectivity index (χ1n) is 9.73. The van der Waals surface area contributed by atoms with E-state index in [0.717, 1.165) is 43.1 Å². The van der Waals surface area contributed by atoms with Crippen LogP contribution in [0.15, 0.2) is 49.2 Å². The molecule has 0 bridgehead atoms. The van der Waals surface area contributed by atoms with E-state index in [4.69, 9.17) is 11.6 Å². The molecule has 7 nitrogen and oxygen atoms in total. The van der Waals surface area contributed by atoms with Crippen LogP contribution in [0.25, 0.3) is 5.82 Å². The minimum atomic E-state index is -0.111. The van der Waals surface area contributed by atoms with Crippen LogP contribution in [0.5, 0.6) is 0 Å². The Kier molecular flexibility index (Phi) is 5.76. The van der Waals surface area contributed by atoms with Crippen LogP contribution in [0.3, 0.4) is 0 Å². The fourth-order valence-corrected chi connectivity index (χ4v) is 3.59. The van der Waals surface area contributed by atoms with E-state index < -0.39 is 0 Å². The fourth-order valence-electron chi connectivity index (χ4n) is 3.46. The van der Waals surface area contributed by atoms with Crippen molar-refractivity contribution < 1.29 is 4.79 Å². The maximum Gasteiger partial charge on any atom is 0.228 e. The zero-order chi connectivity index (χ0) is 20.2. The van der Waals surface area contributed by atoms with Gasteiger partial charge in [-0.2, -0.15) is 5.10 Å². The highest BCUT2D eigenvalue weighted by atomic mass is 35.5. The number of benzene rings is 1. The molecule has 0 atom stereocenters. The number of nitrogens with zero attached hydrogens (tertiary/aromatic N) is 5. The van der Waals surface area contributed by atoms with E-state index in [0.29, 0.717) is 16.5 Å². The van der Waals surface area contributed by atoms with Gasteiger partial charge in [-0.25, -0.2) is 14.6 Å². The number of carbonyl (C=O) groups excluding carboxylic acids is 1. The molecule has 1 N–H and O–H groups in total. The molecule has 2 aromatic heterocycles. The molecule has 0 unspecified atom stereocenters. The van der Waals surface area contributed by atoms with E-state index in [1.165, 1.54) is 6.33 Å². The molecule has 8 heteroatoms. The van der Waals surface area contributed by atoms with Gasteiger partial charge in [-0.3, -0.25) is 4.79 Å². The summed E-state index contributed by atoms with van der Waals surface area (Å²) < 4.78 is 1.69. The van der Waals surface area contributed by atoms with Crippen molar-refractivity contribution in [1.82, 2.24) is 19.7 Å². The average molecular weight is 411 g/mol. The van der Waals surface area contributed by atoms with Crippen molar-refractivity contribution in [1.29, 1.82) is 0 Å². The topological polar surface area (TPSA) is 75.9 Å². The monoisotopic (exact) mass is 410 g/mol. The second-order valence-corrected chi connectivity index (χ2v) is 7.86. The zero-order valence-corrected chi connectivity index (χ0v) is 17.0. The predicted molar refractivity (Wildman–Crippen MR) is 114 cm³/mol. The van der Waals surface area contributed by atoms with Gasteiger partial charge in [-0.05, 0) is 36.5 Å². The van der Waals surface area contributed by atoms with Gasteiger partial charge >= 0.3 is 0 Å². The first kappa shape index (κ1) is 19.4. The molecule has 0 aliphatic carbocycles. The summed E-state index contributed by atoms with van der Waals surface area (Å²) in [5.41, 5.74) is 2.49. The first-order chi connectivity index (χ1) is 14.1. The van der Waals surface area contributed by atoms with Crippen LogP contribution >= 0.6 is 11.6 Å². The Balaban J connectivity index is 1.46. The van der Waals surface area contributed by atoms with E-state index in [1.807, 2.05) is 18.3 Å². The Bertz CT molecular complexity index is 979. The summed E-state index contributed by atoms with van der Waals surface area (Å²) in [6, 6.07) is 7.25. The largest absolute Gasteiger partial charge is 0.367 e. The number of rotatable bonds is 5. The molecular weight excluding hydrogens is 388 g/mol.